The van der Waals surface area contributed by atoms with E-state index in [-0.39, 0.29) is 0 Å². The first kappa shape index (κ1) is 14.0. The van der Waals surface area contributed by atoms with E-state index >= 15 is 0 Å². The molecular formula is C14H25N. The molecular weight excluding hydrogens is 182 g/mol. The van der Waals surface area contributed by atoms with Crippen LogP contribution in [0.15, 0.2) is 35.6 Å². The topological polar surface area (TPSA) is 26.0 Å². The third-order valence-electron chi connectivity index (χ3n) is 2.26. The largest absolute Gasteiger partial charge is 0.399 e. The molecule has 0 aromatic carbocycles. The predicted octanol–water partition coefficient (Wildman–Crippen LogP) is 4.03. The fourth-order valence-electron chi connectivity index (χ4n) is 1.39. The number of allylic oxidation sites excluding steroid dienone is 4. The second-order valence-corrected chi connectivity index (χ2v) is 4.87. The van der Waals surface area contributed by atoms with Crippen LogP contribution < -0.4 is 5.73 Å². The van der Waals surface area contributed by atoms with Crippen LogP contribution in [-0.4, -0.2) is 0 Å². The van der Waals surface area contributed by atoms with Gasteiger partial charge < -0.3 is 5.73 Å². The van der Waals surface area contributed by atoms with Crippen LogP contribution in [0.2, 0.25) is 0 Å². The van der Waals surface area contributed by atoms with E-state index in [4.69, 9.17) is 5.73 Å². The Morgan fingerprint density at radius 2 is 1.80 bits per heavy atom. The Labute approximate surface area is 94.8 Å². The fraction of sp³-hybridized carbons (Fsp3) is 0.571. The Morgan fingerprint density at radius 1 is 1.27 bits per heavy atom. The standard InChI is InChI=1S/C14H25N/c1-10(2)7-8-13(15)9-14(11(3)4)12(5)6/h8-10,12H,3,7,15H2,1-2,4-6H3/b13-8+,14-9+. The van der Waals surface area contributed by atoms with Gasteiger partial charge in [-0.25, -0.2) is 0 Å². The summed E-state index contributed by atoms with van der Waals surface area (Å²) in [6, 6.07) is 0. The quantitative estimate of drug-likeness (QED) is 0.677. The van der Waals surface area contributed by atoms with E-state index in [2.05, 4.69) is 46.4 Å². The zero-order chi connectivity index (χ0) is 12.0. The molecule has 0 radical (unpaired) electrons. The van der Waals surface area contributed by atoms with E-state index in [1.807, 2.05) is 6.92 Å². The zero-order valence-electron chi connectivity index (χ0n) is 10.8. The molecule has 0 unspecified atom stereocenters. The maximum atomic E-state index is 5.94. The number of rotatable bonds is 5. The van der Waals surface area contributed by atoms with Gasteiger partial charge in [0.1, 0.15) is 0 Å². The number of hydrogen-bond acceptors (Lipinski definition) is 1. The molecule has 0 bridgehead atoms. The molecule has 0 aliphatic carbocycles. The van der Waals surface area contributed by atoms with E-state index < -0.39 is 0 Å². The summed E-state index contributed by atoms with van der Waals surface area (Å²) in [4.78, 5) is 0. The molecule has 0 aliphatic rings. The van der Waals surface area contributed by atoms with Gasteiger partial charge in [0.25, 0.3) is 0 Å². The molecule has 0 fully saturated rings. The van der Waals surface area contributed by atoms with Gasteiger partial charge in [0.05, 0.1) is 0 Å². The van der Waals surface area contributed by atoms with Gasteiger partial charge in [-0.15, -0.1) is 0 Å². The Morgan fingerprint density at radius 3 is 2.13 bits per heavy atom. The highest BCUT2D eigenvalue weighted by Crippen LogP contribution is 2.18. The van der Waals surface area contributed by atoms with Crippen LogP contribution in [-0.2, 0) is 0 Å². The summed E-state index contributed by atoms with van der Waals surface area (Å²) in [5.41, 5.74) is 9.14. The van der Waals surface area contributed by atoms with Gasteiger partial charge in [-0.1, -0.05) is 45.9 Å². The maximum absolute atomic E-state index is 5.94. The highest BCUT2D eigenvalue weighted by molar-refractivity contribution is 5.34. The third-order valence-corrected chi connectivity index (χ3v) is 2.26. The van der Waals surface area contributed by atoms with Crippen LogP contribution in [0.5, 0.6) is 0 Å². The smallest absolute Gasteiger partial charge is 0.0276 e. The van der Waals surface area contributed by atoms with Crippen LogP contribution in [0.4, 0.5) is 0 Å². The van der Waals surface area contributed by atoms with Crippen molar-refractivity contribution in [2.45, 2.75) is 41.0 Å². The van der Waals surface area contributed by atoms with Gasteiger partial charge in [-0.3, -0.25) is 0 Å². The molecule has 15 heavy (non-hydrogen) atoms. The lowest BCUT2D eigenvalue weighted by atomic mass is 9.96. The first-order chi connectivity index (χ1) is 6.84. The number of nitrogens with two attached hydrogens (primary N) is 1. The van der Waals surface area contributed by atoms with E-state index in [0.29, 0.717) is 11.8 Å². The van der Waals surface area contributed by atoms with Gasteiger partial charge in [-0.2, -0.15) is 0 Å². The molecule has 0 amide bonds. The summed E-state index contributed by atoms with van der Waals surface area (Å²) < 4.78 is 0. The van der Waals surface area contributed by atoms with Crippen molar-refractivity contribution in [3.8, 4) is 0 Å². The zero-order valence-corrected chi connectivity index (χ0v) is 10.8. The lowest BCUT2D eigenvalue weighted by Gasteiger charge is -2.11. The van der Waals surface area contributed by atoms with Crippen LogP contribution in [0.25, 0.3) is 0 Å². The SMILES string of the molecule is C=C(C)/C(=C\C(N)=C/CC(C)C)C(C)C. The lowest BCUT2D eigenvalue weighted by Crippen LogP contribution is -2.01. The predicted molar refractivity (Wildman–Crippen MR) is 69.5 cm³/mol. The lowest BCUT2D eigenvalue weighted by molar-refractivity contribution is 0.661. The van der Waals surface area contributed by atoms with Crippen molar-refractivity contribution in [1.82, 2.24) is 0 Å². The monoisotopic (exact) mass is 207 g/mol. The number of hydrogen-bond donors (Lipinski definition) is 1. The minimum absolute atomic E-state index is 0.480. The average molecular weight is 207 g/mol. The Hall–Kier alpha value is -0.980. The van der Waals surface area contributed by atoms with Crippen molar-refractivity contribution in [3.05, 3.63) is 35.6 Å². The summed E-state index contributed by atoms with van der Waals surface area (Å²) in [6.07, 6.45) is 5.18. The van der Waals surface area contributed by atoms with Gasteiger partial charge in [0.15, 0.2) is 0 Å². The molecule has 86 valence electrons. The van der Waals surface area contributed by atoms with Crippen LogP contribution in [0.3, 0.4) is 0 Å². The Balaban J connectivity index is 4.68. The molecule has 0 aromatic rings. The summed E-state index contributed by atoms with van der Waals surface area (Å²) in [5, 5.41) is 0. The fourth-order valence-corrected chi connectivity index (χ4v) is 1.39. The molecule has 0 atom stereocenters. The molecule has 0 aliphatic heterocycles. The second-order valence-electron chi connectivity index (χ2n) is 4.87. The van der Waals surface area contributed by atoms with E-state index in [1.165, 1.54) is 5.57 Å². The molecule has 0 saturated carbocycles. The third kappa shape index (κ3) is 6.16. The van der Waals surface area contributed by atoms with Crippen LogP contribution in [0, 0.1) is 11.8 Å². The van der Waals surface area contributed by atoms with Crippen LogP contribution >= 0.6 is 0 Å². The Kier molecular flexibility index (Phi) is 6.07. The molecule has 0 heterocycles. The molecule has 0 rings (SSSR count). The van der Waals surface area contributed by atoms with Crippen LogP contribution in [0.1, 0.15) is 41.0 Å². The van der Waals surface area contributed by atoms with Crippen molar-refractivity contribution in [2.24, 2.45) is 17.6 Å². The van der Waals surface area contributed by atoms with Gasteiger partial charge in [0, 0.05) is 5.70 Å². The minimum atomic E-state index is 0.480. The molecule has 0 aromatic heterocycles. The van der Waals surface area contributed by atoms with Crippen molar-refractivity contribution < 1.29 is 0 Å². The highest BCUT2D eigenvalue weighted by Gasteiger charge is 2.03. The summed E-state index contributed by atoms with van der Waals surface area (Å²) >= 11 is 0. The van der Waals surface area contributed by atoms with Gasteiger partial charge >= 0.3 is 0 Å². The van der Waals surface area contributed by atoms with E-state index in [9.17, 15) is 0 Å². The maximum Gasteiger partial charge on any atom is 0.0276 e. The van der Waals surface area contributed by atoms with Gasteiger partial charge in [0.2, 0.25) is 0 Å². The molecule has 0 spiro atoms. The molecule has 1 nitrogen and oxygen atoms in total. The van der Waals surface area contributed by atoms with Crippen molar-refractivity contribution in [1.29, 1.82) is 0 Å². The first-order valence-corrected chi connectivity index (χ1v) is 5.67. The van der Waals surface area contributed by atoms with Crippen molar-refractivity contribution >= 4 is 0 Å². The van der Waals surface area contributed by atoms with Crippen molar-refractivity contribution in [3.63, 3.8) is 0 Å². The summed E-state index contributed by atoms with van der Waals surface area (Å²) in [5.74, 6) is 1.14. The molecule has 1 heteroatoms. The normalized spacial score (nSPS) is 13.8. The highest BCUT2D eigenvalue weighted by atomic mass is 14.6. The van der Waals surface area contributed by atoms with E-state index in [1.54, 1.807) is 0 Å². The summed E-state index contributed by atoms with van der Waals surface area (Å²) in [6.45, 7) is 14.7. The molecule has 2 N–H and O–H groups in total. The van der Waals surface area contributed by atoms with Gasteiger partial charge in [-0.05, 0) is 36.8 Å². The Bertz CT molecular complexity index is 267. The summed E-state index contributed by atoms with van der Waals surface area (Å²) in [7, 11) is 0. The van der Waals surface area contributed by atoms with E-state index in [0.717, 1.165) is 17.7 Å². The minimum Gasteiger partial charge on any atom is -0.399 e. The second kappa shape index (κ2) is 6.49. The average Bonchev–Trinajstić information content (AvgIpc) is 2.09. The molecule has 0 saturated heterocycles. The first-order valence-electron chi connectivity index (χ1n) is 5.67. The van der Waals surface area contributed by atoms with Crippen molar-refractivity contribution in [2.75, 3.05) is 0 Å².